The predicted molar refractivity (Wildman–Crippen MR) is 101 cm³/mol. The number of carbonyl (C=O) groups excluding carboxylic acids is 1. The molecule has 0 saturated carbocycles. The monoisotopic (exact) mass is 409 g/mol. The number of amides is 1. The van der Waals surface area contributed by atoms with Crippen LogP contribution in [0, 0.1) is 11.6 Å². The number of anilines is 1. The highest BCUT2D eigenvalue weighted by molar-refractivity contribution is 7.89. The number of hydrogen-bond donors (Lipinski definition) is 1. The largest absolute Gasteiger partial charge is 0.320 e. The van der Waals surface area contributed by atoms with Gasteiger partial charge in [-0.05, 0) is 31.2 Å². The second-order valence-electron chi connectivity index (χ2n) is 6.51. The minimum atomic E-state index is -3.58. The molecule has 1 fully saturated rings. The minimum absolute atomic E-state index is 0.225. The van der Waals surface area contributed by atoms with Crippen molar-refractivity contribution in [2.75, 3.05) is 31.5 Å². The smallest absolute Gasteiger partial charge is 0.243 e. The molecule has 2 aromatic carbocycles. The zero-order valence-electron chi connectivity index (χ0n) is 15.3. The highest BCUT2D eigenvalue weighted by atomic mass is 32.2. The van der Waals surface area contributed by atoms with Gasteiger partial charge in [0.1, 0.15) is 17.3 Å². The molecule has 0 aliphatic carbocycles. The van der Waals surface area contributed by atoms with Gasteiger partial charge in [-0.25, -0.2) is 17.2 Å². The summed E-state index contributed by atoms with van der Waals surface area (Å²) in [6.45, 7) is 2.74. The summed E-state index contributed by atoms with van der Waals surface area (Å²) in [6.07, 6.45) is 0. The van der Waals surface area contributed by atoms with Gasteiger partial charge in [0.15, 0.2) is 0 Å². The molecule has 0 radical (unpaired) electrons. The van der Waals surface area contributed by atoms with Gasteiger partial charge in [0.25, 0.3) is 0 Å². The first kappa shape index (κ1) is 20.4. The molecular formula is C19H21F2N3O3S. The lowest BCUT2D eigenvalue weighted by molar-refractivity contribution is -0.121. The van der Waals surface area contributed by atoms with E-state index in [1.165, 1.54) is 10.4 Å². The first-order chi connectivity index (χ1) is 13.3. The van der Waals surface area contributed by atoms with Crippen LogP contribution in [-0.2, 0) is 14.8 Å². The van der Waals surface area contributed by atoms with E-state index in [0.717, 1.165) is 12.1 Å². The molecule has 1 N–H and O–H groups in total. The SMILES string of the molecule is C[C@@H](C(=O)Nc1c(F)cccc1F)N1CCN(S(=O)(=O)c2ccccc2)CC1. The van der Waals surface area contributed by atoms with Crippen molar-refractivity contribution in [2.24, 2.45) is 0 Å². The lowest BCUT2D eigenvalue weighted by atomic mass is 10.2. The number of carbonyl (C=O) groups is 1. The Bertz CT molecular complexity index is 926. The number of hydrogen-bond acceptors (Lipinski definition) is 4. The number of para-hydroxylation sites is 1. The molecule has 0 spiro atoms. The van der Waals surface area contributed by atoms with Gasteiger partial charge in [0.2, 0.25) is 15.9 Å². The average molecular weight is 409 g/mol. The second-order valence-corrected chi connectivity index (χ2v) is 8.45. The van der Waals surface area contributed by atoms with Crippen LogP contribution in [-0.4, -0.2) is 55.8 Å². The van der Waals surface area contributed by atoms with Crippen molar-refractivity contribution in [2.45, 2.75) is 17.9 Å². The van der Waals surface area contributed by atoms with E-state index in [1.54, 1.807) is 42.2 Å². The Morgan fingerprint density at radius 1 is 0.964 bits per heavy atom. The fourth-order valence-corrected chi connectivity index (χ4v) is 4.53. The van der Waals surface area contributed by atoms with E-state index in [9.17, 15) is 22.0 Å². The maximum Gasteiger partial charge on any atom is 0.243 e. The van der Waals surface area contributed by atoms with Crippen LogP contribution >= 0.6 is 0 Å². The third-order valence-corrected chi connectivity index (χ3v) is 6.71. The van der Waals surface area contributed by atoms with Crippen molar-refractivity contribution in [1.29, 1.82) is 0 Å². The van der Waals surface area contributed by atoms with E-state index in [-0.39, 0.29) is 18.0 Å². The van der Waals surface area contributed by atoms with Crippen LogP contribution in [0.2, 0.25) is 0 Å². The molecule has 150 valence electrons. The van der Waals surface area contributed by atoms with Gasteiger partial charge < -0.3 is 5.32 Å². The standard InChI is InChI=1S/C19H21F2N3O3S/c1-14(19(25)22-18-16(20)8-5-9-17(18)21)23-10-12-24(13-11-23)28(26,27)15-6-3-2-4-7-15/h2-9,14H,10-13H2,1H3,(H,22,25)/t14-/m0/s1. The first-order valence-electron chi connectivity index (χ1n) is 8.85. The van der Waals surface area contributed by atoms with E-state index in [1.807, 2.05) is 0 Å². The van der Waals surface area contributed by atoms with Crippen molar-refractivity contribution in [1.82, 2.24) is 9.21 Å². The number of nitrogens with one attached hydrogen (secondary N) is 1. The van der Waals surface area contributed by atoms with Crippen molar-refractivity contribution < 1.29 is 22.0 Å². The summed E-state index contributed by atoms with van der Waals surface area (Å²) in [5.74, 6) is -2.25. The summed E-state index contributed by atoms with van der Waals surface area (Å²) in [5, 5.41) is 2.28. The number of rotatable bonds is 5. The molecule has 1 aliphatic heterocycles. The maximum atomic E-state index is 13.7. The number of sulfonamides is 1. The van der Waals surface area contributed by atoms with Crippen LogP contribution in [0.25, 0.3) is 0 Å². The average Bonchev–Trinajstić information content (AvgIpc) is 2.71. The summed E-state index contributed by atoms with van der Waals surface area (Å²) in [7, 11) is -3.58. The van der Waals surface area contributed by atoms with Gasteiger partial charge in [-0.3, -0.25) is 9.69 Å². The Labute approximate surface area is 162 Å². The summed E-state index contributed by atoms with van der Waals surface area (Å²) >= 11 is 0. The van der Waals surface area contributed by atoms with Crippen molar-refractivity contribution >= 4 is 21.6 Å². The van der Waals surface area contributed by atoms with Crippen LogP contribution in [0.5, 0.6) is 0 Å². The van der Waals surface area contributed by atoms with Crippen molar-refractivity contribution in [3.05, 3.63) is 60.2 Å². The lowest BCUT2D eigenvalue weighted by Gasteiger charge is -2.36. The zero-order valence-corrected chi connectivity index (χ0v) is 16.1. The maximum absolute atomic E-state index is 13.7. The molecule has 0 bridgehead atoms. The van der Waals surface area contributed by atoms with Gasteiger partial charge in [0.05, 0.1) is 10.9 Å². The normalized spacial score (nSPS) is 17.2. The third-order valence-electron chi connectivity index (χ3n) is 4.79. The molecule has 1 heterocycles. The van der Waals surface area contributed by atoms with E-state index in [4.69, 9.17) is 0 Å². The Morgan fingerprint density at radius 2 is 1.54 bits per heavy atom. The zero-order chi connectivity index (χ0) is 20.3. The highest BCUT2D eigenvalue weighted by Crippen LogP contribution is 2.20. The summed E-state index contributed by atoms with van der Waals surface area (Å²) in [5.41, 5.74) is -0.482. The fraction of sp³-hybridized carbons (Fsp3) is 0.316. The Hall–Kier alpha value is -2.36. The summed E-state index contributed by atoms with van der Waals surface area (Å²) < 4.78 is 54.1. The number of halogens is 2. The molecule has 3 rings (SSSR count). The van der Waals surface area contributed by atoms with Gasteiger partial charge in [-0.15, -0.1) is 0 Å². The van der Waals surface area contributed by atoms with Gasteiger partial charge in [0, 0.05) is 26.2 Å². The van der Waals surface area contributed by atoms with Crippen molar-refractivity contribution in [3.8, 4) is 0 Å². The molecule has 1 aliphatic rings. The Balaban J connectivity index is 1.62. The molecule has 2 aromatic rings. The fourth-order valence-electron chi connectivity index (χ4n) is 3.08. The molecule has 1 atom stereocenters. The van der Waals surface area contributed by atoms with E-state index >= 15 is 0 Å². The van der Waals surface area contributed by atoms with Crippen molar-refractivity contribution in [3.63, 3.8) is 0 Å². The van der Waals surface area contributed by atoms with Gasteiger partial charge in [-0.1, -0.05) is 24.3 Å². The quantitative estimate of drug-likeness (QED) is 0.823. The number of piperazine rings is 1. The molecule has 0 aromatic heterocycles. The molecule has 1 amide bonds. The molecular weight excluding hydrogens is 388 g/mol. The summed E-state index contributed by atoms with van der Waals surface area (Å²) in [4.78, 5) is 14.4. The Morgan fingerprint density at radius 3 is 2.11 bits per heavy atom. The first-order valence-corrected chi connectivity index (χ1v) is 10.3. The highest BCUT2D eigenvalue weighted by Gasteiger charge is 2.32. The lowest BCUT2D eigenvalue weighted by Crippen LogP contribution is -2.54. The Kier molecular flexibility index (Phi) is 6.07. The topological polar surface area (TPSA) is 69.7 Å². The van der Waals surface area contributed by atoms with Crippen LogP contribution in [0.4, 0.5) is 14.5 Å². The summed E-state index contributed by atoms with van der Waals surface area (Å²) in [6, 6.07) is 10.8. The van der Waals surface area contributed by atoms with Gasteiger partial charge >= 0.3 is 0 Å². The van der Waals surface area contributed by atoms with E-state index < -0.39 is 39.3 Å². The van der Waals surface area contributed by atoms with Crippen LogP contribution in [0.1, 0.15) is 6.92 Å². The van der Waals surface area contributed by atoms with Crippen LogP contribution in [0.3, 0.4) is 0 Å². The van der Waals surface area contributed by atoms with Crippen LogP contribution < -0.4 is 5.32 Å². The van der Waals surface area contributed by atoms with E-state index in [0.29, 0.717) is 13.1 Å². The molecule has 0 unspecified atom stereocenters. The van der Waals surface area contributed by atoms with Crippen LogP contribution in [0.15, 0.2) is 53.4 Å². The predicted octanol–water partition coefficient (Wildman–Crippen LogP) is 2.30. The third kappa shape index (κ3) is 4.21. The van der Waals surface area contributed by atoms with E-state index in [2.05, 4.69) is 5.32 Å². The molecule has 6 nitrogen and oxygen atoms in total. The number of benzene rings is 2. The van der Waals surface area contributed by atoms with Gasteiger partial charge in [-0.2, -0.15) is 4.31 Å². The molecule has 1 saturated heterocycles. The minimum Gasteiger partial charge on any atom is -0.320 e. The molecule has 28 heavy (non-hydrogen) atoms. The second kappa shape index (κ2) is 8.34. The number of nitrogens with zero attached hydrogens (tertiary/aromatic N) is 2. The molecule has 9 heteroatoms.